The molecule has 5 nitrogen and oxygen atoms in total. The number of imidazole rings is 1. The monoisotopic (exact) mass is 255 g/mol. The second-order valence-electron chi connectivity index (χ2n) is 2.58. The number of hydrogen-bond acceptors (Lipinski definition) is 4. The minimum absolute atomic E-state index is 0.240. The molecule has 0 aromatic carbocycles. The number of nitrogens with zero attached hydrogens (tertiary/aromatic N) is 2. The Kier molecular flexibility index (Phi) is 2.20. The lowest BCUT2D eigenvalue weighted by atomic mass is 10.3. The SMILES string of the molecule is COC(=O)c1nc2[nH]cnc2cc1Br. The number of ether oxygens (including phenoxy) is 1. The minimum Gasteiger partial charge on any atom is -0.464 e. The van der Waals surface area contributed by atoms with E-state index in [2.05, 4.69) is 35.6 Å². The number of esters is 1. The summed E-state index contributed by atoms with van der Waals surface area (Å²) in [7, 11) is 1.31. The maximum atomic E-state index is 11.3. The van der Waals surface area contributed by atoms with Crippen LogP contribution in [0, 0.1) is 0 Å². The number of pyridine rings is 1. The molecule has 0 radical (unpaired) electrons. The lowest BCUT2D eigenvalue weighted by Crippen LogP contribution is -2.05. The molecule has 0 aliphatic rings. The fraction of sp³-hybridized carbons (Fsp3) is 0.125. The number of aromatic nitrogens is 3. The maximum absolute atomic E-state index is 11.3. The quantitative estimate of drug-likeness (QED) is 0.785. The average Bonchev–Trinajstić information content (AvgIpc) is 2.62. The molecule has 0 bridgehead atoms. The smallest absolute Gasteiger partial charge is 0.357 e. The van der Waals surface area contributed by atoms with Gasteiger partial charge in [0.25, 0.3) is 0 Å². The Bertz CT molecular complexity index is 494. The van der Waals surface area contributed by atoms with Gasteiger partial charge in [-0.1, -0.05) is 0 Å². The number of carbonyl (C=O) groups is 1. The van der Waals surface area contributed by atoms with Crippen molar-refractivity contribution >= 4 is 33.1 Å². The zero-order valence-corrected chi connectivity index (χ0v) is 8.83. The van der Waals surface area contributed by atoms with Crippen LogP contribution < -0.4 is 0 Å². The molecule has 14 heavy (non-hydrogen) atoms. The van der Waals surface area contributed by atoms with Crippen molar-refractivity contribution in [3.63, 3.8) is 0 Å². The van der Waals surface area contributed by atoms with Crippen molar-refractivity contribution in [2.45, 2.75) is 0 Å². The van der Waals surface area contributed by atoms with E-state index < -0.39 is 5.97 Å². The van der Waals surface area contributed by atoms with E-state index in [0.29, 0.717) is 15.6 Å². The van der Waals surface area contributed by atoms with Crippen LogP contribution in [0.25, 0.3) is 11.2 Å². The Morgan fingerprint density at radius 2 is 2.43 bits per heavy atom. The lowest BCUT2D eigenvalue weighted by molar-refractivity contribution is 0.0593. The highest BCUT2D eigenvalue weighted by Gasteiger charge is 2.14. The molecule has 1 N–H and O–H groups in total. The van der Waals surface area contributed by atoms with E-state index in [9.17, 15) is 4.79 Å². The molecule has 6 heteroatoms. The molecule has 0 aliphatic carbocycles. The fourth-order valence-electron chi connectivity index (χ4n) is 1.09. The summed E-state index contributed by atoms with van der Waals surface area (Å²) in [5.41, 5.74) is 1.50. The van der Waals surface area contributed by atoms with Crippen LogP contribution in [-0.4, -0.2) is 28.0 Å². The van der Waals surface area contributed by atoms with Crippen molar-refractivity contribution in [3.8, 4) is 0 Å². The van der Waals surface area contributed by atoms with Crippen LogP contribution in [0.15, 0.2) is 16.9 Å². The summed E-state index contributed by atoms with van der Waals surface area (Å²) >= 11 is 3.23. The van der Waals surface area contributed by atoms with Crippen LogP contribution in [0.5, 0.6) is 0 Å². The van der Waals surface area contributed by atoms with Gasteiger partial charge in [0, 0.05) is 0 Å². The molecule has 72 valence electrons. The van der Waals surface area contributed by atoms with Crippen molar-refractivity contribution in [2.75, 3.05) is 7.11 Å². The molecule has 0 amide bonds. The van der Waals surface area contributed by atoms with Gasteiger partial charge >= 0.3 is 5.97 Å². The lowest BCUT2D eigenvalue weighted by Gasteiger charge is -2.00. The van der Waals surface area contributed by atoms with Crippen LogP contribution in [0.4, 0.5) is 0 Å². The summed E-state index contributed by atoms with van der Waals surface area (Å²) < 4.78 is 5.15. The number of nitrogens with one attached hydrogen (secondary N) is 1. The summed E-state index contributed by atoms with van der Waals surface area (Å²) in [6.45, 7) is 0. The van der Waals surface area contributed by atoms with E-state index in [1.165, 1.54) is 13.4 Å². The molecule has 0 saturated carbocycles. The molecule has 2 aromatic rings. The second-order valence-corrected chi connectivity index (χ2v) is 3.43. The Labute approximate surface area is 87.6 Å². The molecule has 0 unspecified atom stereocenters. The van der Waals surface area contributed by atoms with E-state index in [1.54, 1.807) is 6.07 Å². The Hall–Kier alpha value is -1.43. The van der Waals surface area contributed by atoms with E-state index in [4.69, 9.17) is 0 Å². The Morgan fingerprint density at radius 1 is 1.64 bits per heavy atom. The minimum atomic E-state index is -0.478. The highest BCUT2D eigenvalue weighted by atomic mass is 79.9. The average molecular weight is 256 g/mol. The number of carbonyl (C=O) groups excluding carboxylic acids is 1. The molecule has 0 spiro atoms. The highest BCUT2D eigenvalue weighted by molar-refractivity contribution is 9.10. The van der Waals surface area contributed by atoms with Gasteiger partial charge in [-0.3, -0.25) is 0 Å². The first-order valence-corrected chi connectivity index (χ1v) is 4.59. The molecule has 0 saturated heterocycles. The third kappa shape index (κ3) is 1.37. The van der Waals surface area contributed by atoms with Gasteiger partial charge in [-0.05, 0) is 22.0 Å². The van der Waals surface area contributed by atoms with Crippen molar-refractivity contribution in [2.24, 2.45) is 0 Å². The van der Waals surface area contributed by atoms with Crippen LogP contribution in [0.3, 0.4) is 0 Å². The number of rotatable bonds is 1. The van der Waals surface area contributed by atoms with E-state index >= 15 is 0 Å². The molecule has 0 fully saturated rings. The zero-order chi connectivity index (χ0) is 10.1. The van der Waals surface area contributed by atoms with Gasteiger partial charge in [0.15, 0.2) is 11.3 Å². The summed E-state index contributed by atoms with van der Waals surface area (Å²) in [6, 6.07) is 1.71. The van der Waals surface area contributed by atoms with Gasteiger partial charge in [-0.15, -0.1) is 0 Å². The van der Waals surface area contributed by atoms with Crippen LogP contribution in [0.2, 0.25) is 0 Å². The predicted molar refractivity (Wildman–Crippen MR) is 52.9 cm³/mol. The summed E-state index contributed by atoms with van der Waals surface area (Å²) in [5.74, 6) is -0.478. The highest BCUT2D eigenvalue weighted by Crippen LogP contribution is 2.19. The van der Waals surface area contributed by atoms with Gasteiger partial charge in [0.1, 0.15) is 5.52 Å². The number of hydrogen-bond donors (Lipinski definition) is 1. The first-order valence-electron chi connectivity index (χ1n) is 3.80. The number of fused-ring (bicyclic) bond motifs is 1. The number of methoxy groups -OCH3 is 1. The first kappa shape index (κ1) is 9.14. The Balaban J connectivity index is 2.64. The van der Waals surface area contributed by atoms with Crippen molar-refractivity contribution < 1.29 is 9.53 Å². The molecular formula is C8H6BrN3O2. The number of halogens is 1. The van der Waals surface area contributed by atoms with Gasteiger partial charge < -0.3 is 9.72 Å². The van der Waals surface area contributed by atoms with Crippen molar-refractivity contribution in [1.29, 1.82) is 0 Å². The van der Waals surface area contributed by atoms with Crippen LogP contribution in [0.1, 0.15) is 10.5 Å². The van der Waals surface area contributed by atoms with Crippen molar-refractivity contribution in [3.05, 3.63) is 22.6 Å². The van der Waals surface area contributed by atoms with E-state index in [-0.39, 0.29) is 5.69 Å². The fourth-order valence-corrected chi connectivity index (χ4v) is 1.55. The summed E-state index contributed by atoms with van der Waals surface area (Å²) in [6.07, 6.45) is 1.52. The zero-order valence-electron chi connectivity index (χ0n) is 7.24. The third-order valence-electron chi connectivity index (χ3n) is 1.74. The Morgan fingerprint density at radius 3 is 3.14 bits per heavy atom. The summed E-state index contributed by atoms with van der Waals surface area (Å²) in [5, 5.41) is 0. The first-order chi connectivity index (χ1) is 6.72. The molecule has 2 aromatic heterocycles. The molecule has 2 rings (SSSR count). The third-order valence-corrected chi connectivity index (χ3v) is 2.34. The largest absolute Gasteiger partial charge is 0.464 e. The van der Waals surface area contributed by atoms with E-state index in [1.807, 2.05) is 0 Å². The van der Waals surface area contributed by atoms with Gasteiger partial charge in [-0.25, -0.2) is 14.8 Å². The van der Waals surface area contributed by atoms with Crippen molar-refractivity contribution in [1.82, 2.24) is 15.0 Å². The van der Waals surface area contributed by atoms with Gasteiger partial charge in [0.2, 0.25) is 0 Å². The number of aromatic amines is 1. The normalized spacial score (nSPS) is 10.4. The van der Waals surface area contributed by atoms with Gasteiger partial charge in [0.05, 0.1) is 17.9 Å². The predicted octanol–water partition coefficient (Wildman–Crippen LogP) is 1.51. The standard InChI is InChI=1S/C8H6BrN3O2/c1-14-8(13)6-4(9)2-5-7(12-6)11-3-10-5/h2-3H,1H3,(H,10,11,12). The summed E-state index contributed by atoms with van der Waals surface area (Å²) in [4.78, 5) is 22.1. The molecule has 0 aliphatic heterocycles. The second kappa shape index (κ2) is 3.38. The molecular weight excluding hydrogens is 250 g/mol. The van der Waals surface area contributed by atoms with Crippen LogP contribution in [-0.2, 0) is 4.74 Å². The van der Waals surface area contributed by atoms with Gasteiger partial charge in [-0.2, -0.15) is 0 Å². The maximum Gasteiger partial charge on any atom is 0.357 e. The molecule has 0 atom stereocenters. The number of H-pyrrole nitrogens is 1. The van der Waals surface area contributed by atoms with E-state index in [0.717, 1.165) is 0 Å². The van der Waals surface area contributed by atoms with Crippen LogP contribution >= 0.6 is 15.9 Å². The molecule has 2 heterocycles. The topological polar surface area (TPSA) is 67.9 Å².